The summed E-state index contributed by atoms with van der Waals surface area (Å²) in [6.07, 6.45) is 0.934. The standard InChI is InChI=1S/C29H36AsF3N6O2/c1-15(2)30(13-18-10-23(26(41)25(18)40)39-6-5-20-27(34)35-14-36-28(20)39)12-17-7-16(8-17)9-24-37-21-4-3-19(29(31,32)33)11-22(21)38-24/h3-6,11,14-18,23,25-26,40-41H,7-10,12-13H2,1-2H3,(H,37,38)(H2,34,35,36)/t16?,17?,18-,23+,25+,26-,30?/m0/s1. The van der Waals surface area contributed by atoms with Crippen molar-refractivity contribution in [3.8, 4) is 0 Å². The minimum absolute atomic E-state index is 0.0436. The van der Waals surface area contributed by atoms with Gasteiger partial charge in [0.15, 0.2) is 0 Å². The molecule has 12 heteroatoms. The number of imidazole rings is 1. The Balaban J connectivity index is 1.05. The summed E-state index contributed by atoms with van der Waals surface area (Å²) in [7, 11) is 0. The summed E-state index contributed by atoms with van der Waals surface area (Å²) in [5.41, 5.74) is 7.01. The van der Waals surface area contributed by atoms with E-state index in [-0.39, 0.29) is 12.0 Å². The third-order valence-corrected chi connectivity index (χ3v) is 16.1. The first-order chi connectivity index (χ1) is 19.5. The molecule has 3 heterocycles. The zero-order valence-corrected chi connectivity index (χ0v) is 25.0. The molecule has 220 valence electrons. The Morgan fingerprint density at radius 2 is 1.85 bits per heavy atom. The van der Waals surface area contributed by atoms with E-state index in [4.69, 9.17) is 5.73 Å². The van der Waals surface area contributed by atoms with Crippen molar-refractivity contribution in [1.82, 2.24) is 24.5 Å². The Bertz CT molecular complexity index is 1530. The van der Waals surface area contributed by atoms with Crippen LogP contribution in [0, 0.1) is 17.8 Å². The van der Waals surface area contributed by atoms with Gasteiger partial charge in [-0.25, -0.2) is 0 Å². The number of aromatic nitrogens is 5. The molecule has 6 rings (SSSR count). The number of aromatic amines is 1. The van der Waals surface area contributed by atoms with Gasteiger partial charge in [-0.3, -0.25) is 0 Å². The molecule has 0 saturated heterocycles. The van der Waals surface area contributed by atoms with E-state index in [0.29, 0.717) is 45.5 Å². The number of nitrogens with two attached hydrogens (primary N) is 1. The zero-order valence-electron chi connectivity index (χ0n) is 23.1. The number of nitrogens with zero attached hydrogens (tertiary/aromatic N) is 4. The molecule has 8 nitrogen and oxygen atoms in total. The number of aliphatic hydroxyl groups is 2. The molecule has 0 aliphatic heterocycles. The molecule has 1 unspecified atom stereocenters. The Hall–Kier alpha value is -2.62. The van der Waals surface area contributed by atoms with Crippen molar-refractivity contribution in [2.24, 2.45) is 17.8 Å². The number of fused-ring (bicyclic) bond motifs is 2. The molecular weight excluding hydrogens is 596 g/mol. The number of nitrogens with one attached hydrogen (secondary N) is 1. The number of H-pyrrole nitrogens is 1. The van der Waals surface area contributed by atoms with Crippen LogP contribution in [0.2, 0.25) is 15.1 Å². The van der Waals surface area contributed by atoms with Gasteiger partial charge in [-0.1, -0.05) is 0 Å². The molecule has 2 aliphatic rings. The molecule has 1 aromatic carbocycles. The Kier molecular flexibility index (Phi) is 7.57. The summed E-state index contributed by atoms with van der Waals surface area (Å²) in [6.45, 7) is 4.57. The van der Waals surface area contributed by atoms with Gasteiger partial charge in [0.1, 0.15) is 0 Å². The number of alkyl halides is 3. The van der Waals surface area contributed by atoms with E-state index in [9.17, 15) is 23.4 Å². The maximum absolute atomic E-state index is 13.1. The maximum atomic E-state index is 13.1. The van der Waals surface area contributed by atoms with Gasteiger partial charge in [0.25, 0.3) is 0 Å². The molecule has 5 N–H and O–H groups in total. The number of hydrogen-bond acceptors (Lipinski definition) is 6. The van der Waals surface area contributed by atoms with Gasteiger partial charge in [0.05, 0.1) is 0 Å². The fourth-order valence-electron chi connectivity index (χ4n) is 6.74. The van der Waals surface area contributed by atoms with E-state index in [0.717, 1.165) is 47.8 Å². The van der Waals surface area contributed by atoms with E-state index in [2.05, 4.69) is 33.8 Å². The van der Waals surface area contributed by atoms with Gasteiger partial charge in [0.2, 0.25) is 0 Å². The normalized spacial score (nSPS) is 27.6. The second-order valence-electron chi connectivity index (χ2n) is 12.1. The molecule has 0 spiro atoms. The molecule has 2 fully saturated rings. The predicted octanol–water partition coefficient (Wildman–Crippen LogP) is 5.37. The molecule has 0 radical (unpaired) electrons. The molecule has 2 saturated carbocycles. The first-order valence-electron chi connectivity index (χ1n) is 14.2. The third-order valence-electron chi connectivity index (χ3n) is 9.03. The van der Waals surface area contributed by atoms with Crippen molar-refractivity contribution in [2.45, 2.75) is 79.1 Å². The van der Waals surface area contributed by atoms with Crippen molar-refractivity contribution in [1.29, 1.82) is 0 Å². The number of rotatable bonds is 8. The predicted molar refractivity (Wildman–Crippen MR) is 153 cm³/mol. The number of anilines is 1. The summed E-state index contributed by atoms with van der Waals surface area (Å²) < 4.78 is 41.7. The van der Waals surface area contributed by atoms with Crippen LogP contribution < -0.4 is 5.73 Å². The van der Waals surface area contributed by atoms with Gasteiger partial charge >= 0.3 is 241 Å². The fraction of sp³-hybridized carbons (Fsp3) is 0.552. The van der Waals surface area contributed by atoms with Gasteiger partial charge < -0.3 is 0 Å². The van der Waals surface area contributed by atoms with Crippen LogP contribution in [0.25, 0.3) is 22.1 Å². The SMILES string of the molecule is CC(C)[As](CC1CC(Cc2nc3ccc(C(F)(F)F)cc3[nH]2)C1)C[C@@H]1C[C@@H](n2ccc3c(N)ncnc32)[C@H](O)[C@@H]1O. The Morgan fingerprint density at radius 3 is 2.59 bits per heavy atom. The second-order valence-corrected chi connectivity index (χ2v) is 18.3. The molecule has 0 amide bonds. The molecular formula is C29H36AsF3N6O2. The average Bonchev–Trinajstić information content (AvgIpc) is 3.58. The minimum atomic E-state index is -4.37. The Labute approximate surface area is 240 Å². The first kappa shape index (κ1) is 28.5. The molecule has 3 aromatic heterocycles. The summed E-state index contributed by atoms with van der Waals surface area (Å²) in [4.78, 5) is 16.1. The summed E-state index contributed by atoms with van der Waals surface area (Å²) in [5.74, 6) is 2.31. The van der Waals surface area contributed by atoms with E-state index in [1.165, 1.54) is 17.6 Å². The quantitative estimate of drug-likeness (QED) is 0.194. The fourth-order valence-corrected chi connectivity index (χ4v) is 12.9. The number of benzene rings is 1. The van der Waals surface area contributed by atoms with Crippen LogP contribution in [0.4, 0.5) is 19.0 Å². The van der Waals surface area contributed by atoms with E-state index in [1.807, 2.05) is 16.8 Å². The van der Waals surface area contributed by atoms with E-state index >= 15 is 0 Å². The number of halogens is 3. The monoisotopic (exact) mass is 632 g/mol. The molecule has 4 aromatic rings. The molecule has 2 aliphatic carbocycles. The van der Waals surface area contributed by atoms with Crippen LogP contribution in [-0.4, -0.2) is 61.6 Å². The van der Waals surface area contributed by atoms with Crippen molar-refractivity contribution in [3.05, 3.63) is 48.2 Å². The average molecular weight is 633 g/mol. The Morgan fingerprint density at radius 1 is 1.07 bits per heavy atom. The van der Waals surface area contributed by atoms with Gasteiger partial charge in [0, 0.05) is 0 Å². The van der Waals surface area contributed by atoms with Crippen LogP contribution in [-0.2, 0) is 12.6 Å². The molecule has 5 atom stereocenters. The summed E-state index contributed by atoms with van der Waals surface area (Å²) in [6, 6.07) is 5.25. The van der Waals surface area contributed by atoms with Crippen molar-refractivity contribution >= 4 is 42.5 Å². The third kappa shape index (κ3) is 5.60. The first-order valence-corrected chi connectivity index (χ1v) is 17.9. The second kappa shape index (κ2) is 10.9. The van der Waals surface area contributed by atoms with Gasteiger partial charge in [-0.15, -0.1) is 0 Å². The number of nitrogen functional groups attached to an aromatic ring is 1. The zero-order chi connectivity index (χ0) is 29.1. The van der Waals surface area contributed by atoms with Gasteiger partial charge in [-0.05, 0) is 0 Å². The summed E-state index contributed by atoms with van der Waals surface area (Å²) >= 11 is -1.31. The van der Waals surface area contributed by atoms with Crippen LogP contribution in [0.3, 0.4) is 0 Å². The van der Waals surface area contributed by atoms with Crippen LogP contribution in [0.5, 0.6) is 0 Å². The summed E-state index contributed by atoms with van der Waals surface area (Å²) in [5, 5.41) is 25.0. The number of aliphatic hydroxyl groups excluding tert-OH is 2. The van der Waals surface area contributed by atoms with Gasteiger partial charge in [-0.2, -0.15) is 0 Å². The van der Waals surface area contributed by atoms with E-state index < -0.39 is 38.6 Å². The van der Waals surface area contributed by atoms with Crippen LogP contribution in [0.15, 0.2) is 36.8 Å². The topological polar surface area (TPSA) is 126 Å². The van der Waals surface area contributed by atoms with Crippen molar-refractivity contribution in [3.63, 3.8) is 0 Å². The van der Waals surface area contributed by atoms with Crippen molar-refractivity contribution < 1.29 is 23.4 Å². The van der Waals surface area contributed by atoms with E-state index in [1.54, 1.807) is 0 Å². The van der Waals surface area contributed by atoms with Crippen LogP contribution >= 0.6 is 0 Å². The van der Waals surface area contributed by atoms with Crippen molar-refractivity contribution in [2.75, 3.05) is 5.73 Å². The molecule has 0 bridgehead atoms. The number of hydrogen-bond donors (Lipinski definition) is 4. The van der Waals surface area contributed by atoms with Crippen LogP contribution in [0.1, 0.15) is 50.5 Å². The molecule has 41 heavy (non-hydrogen) atoms.